The number of carbonyl (C=O) groups excluding carboxylic acids is 1. The molecule has 2 aliphatic carbocycles. The summed E-state index contributed by atoms with van der Waals surface area (Å²) in [6.45, 7) is 0. The molecular weight excluding hydrogens is 326 g/mol. The van der Waals surface area contributed by atoms with Crippen LogP contribution in [0.1, 0.15) is 16.9 Å². The molecular formula is C17H17N3O5. The van der Waals surface area contributed by atoms with E-state index < -0.39 is 47.2 Å². The Balaban J connectivity index is 1.57. The van der Waals surface area contributed by atoms with Crippen LogP contribution in [0.5, 0.6) is 0 Å². The molecule has 5 atom stereocenters. The first-order valence-electron chi connectivity index (χ1n) is 7.96. The number of rotatable bonds is 4. The summed E-state index contributed by atoms with van der Waals surface area (Å²) in [6.07, 6.45) is 0.0212. The summed E-state index contributed by atoms with van der Waals surface area (Å²) < 4.78 is 0. The summed E-state index contributed by atoms with van der Waals surface area (Å²) in [5.74, 6) is -4.64. The molecule has 2 saturated carbocycles. The number of hydrogen-bond acceptors (Lipinski definition) is 4. The highest BCUT2D eigenvalue weighted by atomic mass is 16.4. The number of amides is 1. The summed E-state index contributed by atoms with van der Waals surface area (Å²) in [4.78, 5) is 38.4. The first-order chi connectivity index (χ1) is 11.8. The SMILES string of the molecule is NC1(C(=O)O)CC(NC(=O)c2cc3ccccc3[nH]2)C2C(C(=O)O)C21. The third-order valence-corrected chi connectivity index (χ3v) is 5.47. The molecule has 1 aromatic carbocycles. The molecule has 0 spiro atoms. The minimum Gasteiger partial charge on any atom is -0.481 e. The second-order valence-corrected chi connectivity index (χ2v) is 6.87. The van der Waals surface area contributed by atoms with Gasteiger partial charge in [0.1, 0.15) is 11.2 Å². The van der Waals surface area contributed by atoms with Gasteiger partial charge in [0.25, 0.3) is 5.91 Å². The minimum atomic E-state index is -1.62. The van der Waals surface area contributed by atoms with Crippen LogP contribution < -0.4 is 11.1 Å². The molecule has 8 nitrogen and oxygen atoms in total. The van der Waals surface area contributed by atoms with Gasteiger partial charge in [0.05, 0.1) is 5.92 Å². The molecule has 0 saturated heterocycles. The first-order valence-corrected chi connectivity index (χ1v) is 7.96. The van der Waals surface area contributed by atoms with Crippen molar-refractivity contribution in [3.05, 3.63) is 36.0 Å². The molecule has 1 amide bonds. The fourth-order valence-electron chi connectivity index (χ4n) is 4.27. The first kappa shape index (κ1) is 15.6. The third kappa shape index (κ3) is 2.21. The van der Waals surface area contributed by atoms with Crippen molar-refractivity contribution in [2.75, 3.05) is 0 Å². The lowest BCUT2D eigenvalue weighted by Gasteiger charge is -2.24. The van der Waals surface area contributed by atoms with E-state index in [4.69, 9.17) is 5.73 Å². The highest BCUT2D eigenvalue weighted by Gasteiger charge is 2.74. The van der Waals surface area contributed by atoms with Crippen LogP contribution in [0.3, 0.4) is 0 Å². The van der Waals surface area contributed by atoms with Crippen molar-refractivity contribution in [2.45, 2.75) is 18.0 Å². The molecule has 0 bridgehead atoms. The van der Waals surface area contributed by atoms with Gasteiger partial charge in [-0.2, -0.15) is 0 Å². The van der Waals surface area contributed by atoms with Gasteiger partial charge in [-0.1, -0.05) is 18.2 Å². The van der Waals surface area contributed by atoms with Crippen LogP contribution in [0, 0.1) is 17.8 Å². The third-order valence-electron chi connectivity index (χ3n) is 5.47. The Morgan fingerprint density at radius 2 is 1.96 bits per heavy atom. The Bertz CT molecular complexity index is 874. The van der Waals surface area contributed by atoms with Gasteiger partial charge < -0.3 is 26.2 Å². The summed E-state index contributed by atoms with van der Waals surface area (Å²) in [6, 6.07) is 8.53. The van der Waals surface area contributed by atoms with Crippen LogP contribution in [-0.2, 0) is 9.59 Å². The maximum atomic E-state index is 12.5. The lowest BCUT2D eigenvalue weighted by Crippen LogP contribution is -2.52. The number of carbonyl (C=O) groups is 3. The number of carboxylic acid groups (broad SMARTS) is 2. The number of aliphatic carboxylic acids is 2. The Morgan fingerprint density at radius 1 is 1.24 bits per heavy atom. The molecule has 6 N–H and O–H groups in total. The van der Waals surface area contributed by atoms with Crippen molar-refractivity contribution in [1.29, 1.82) is 0 Å². The van der Waals surface area contributed by atoms with Crippen LogP contribution >= 0.6 is 0 Å². The van der Waals surface area contributed by atoms with Gasteiger partial charge >= 0.3 is 11.9 Å². The lowest BCUT2D eigenvalue weighted by atomic mass is 9.90. The van der Waals surface area contributed by atoms with E-state index in [1.54, 1.807) is 6.07 Å². The number of carboxylic acids is 2. The zero-order valence-corrected chi connectivity index (χ0v) is 13.1. The smallest absolute Gasteiger partial charge is 0.324 e. The zero-order valence-electron chi connectivity index (χ0n) is 13.1. The van der Waals surface area contributed by atoms with E-state index in [9.17, 15) is 24.6 Å². The lowest BCUT2D eigenvalue weighted by molar-refractivity contribution is -0.145. The van der Waals surface area contributed by atoms with Crippen LogP contribution in [0.4, 0.5) is 0 Å². The van der Waals surface area contributed by atoms with Gasteiger partial charge in [-0.15, -0.1) is 0 Å². The molecule has 2 aliphatic rings. The predicted molar refractivity (Wildman–Crippen MR) is 86.8 cm³/mol. The highest BCUT2D eigenvalue weighted by molar-refractivity contribution is 5.98. The molecule has 8 heteroatoms. The second kappa shape index (κ2) is 5.06. The van der Waals surface area contributed by atoms with E-state index in [0.29, 0.717) is 5.69 Å². The van der Waals surface area contributed by atoms with Gasteiger partial charge in [0, 0.05) is 22.9 Å². The van der Waals surface area contributed by atoms with Crippen LogP contribution in [0.15, 0.2) is 30.3 Å². The van der Waals surface area contributed by atoms with Crippen molar-refractivity contribution in [3.8, 4) is 0 Å². The molecule has 1 heterocycles. The average Bonchev–Trinajstić information content (AvgIpc) is 3.06. The molecule has 0 aliphatic heterocycles. The number of benzene rings is 1. The summed E-state index contributed by atoms with van der Waals surface area (Å²) in [5.41, 5.74) is 5.49. The van der Waals surface area contributed by atoms with Crippen LogP contribution in [0.25, 0.3) is 10.9 Å². The summed E-state index contributed by atoms with van der Waals surface area (Å²) >= 11 is 0. The maximum absolute atomic E-state index is 12.5. The van der Waals surface area contributed by atoms with E-state index >= 15 is 0 Å². The number of H-pyrrole nitrogens is 1. The van der Waals surface area contributed by atoms with Crippen molar-refractivity contribution in [3.63, 3.8) is 0 Å². The maximum Gasteiger partial charge on any atom is 0.324 e. The van der Waals surface area contributed by atoms with Crippen LogP contribution in [0.2, 0.25) is 0 Å². The second-order valence-electron chi connectivity index (χ2n) is 6.87. The van der Waals surface area contributed by atoms with Crippen molar-refractivity contribution >= 4 is 28.7 Å². The molecule has 2 fully saturated rings. The number of aromatic amines is 1. The van der Waals surface area contributed by atoms with Crippen molar-refractivity contribution in [2.24, 2.45) is 23.5 Å². The highest BCUT2D eigenvalue weighted by Crippen LogP contribution is 2.61. The normalized spacial score (nSPS) is 33.0. The molecule has 1 aromatic heterocycles. The minimum absolute atomic E-state index is 0.0212. The molecule has 2 aromatic rings. The Labute approximate surface area is 142 Å². The number of nitrogens with one attached hydrogen (secondary N) is 2. The van der Waals surface area contributed by atoms with Gasteiger partial charge in [-0.05, 0) is 24.5 Å². The largest absolute Gasteiger partial charge is 0.481 e. The van der Waals surface area contributed by atoms with Gasteiger partial charge in [-0.3, -0.25) is 14.4 Å². The quantitative estimate of drug-likeness (QED) is 0.543. The van der Waals surface area contributed by atoms with E-state index in [2.05, 4.69) is 10.3 Å². The fraction of sp³-hybridized carbons (Fsp3) is 0.353. The Morgan fingerprint density at radius 3 is 2.60 bits per heavy atom. The van der Waals surface area contributed by atoms with E-state index in [1.807, 2.05) is 24.3 Å². The fourth-order valence-corrected chi connectivity index (χ4v) is 4.27. The molecule has 0 radical (unpaired) electrons. The van der Waals surface area contributed by atoms with Crippen LogP contribution in [-0.4, -0.2) is 44.6 Å². The topological polar surface area (TPSA) is 146 Å². The van der Waals surface area contributed by atoms with Gasteiger partial charge in [-0.25, -0.2) is 0 Å². The molecule has 130 valence electrons. The standard InChI is InChI=1S/C17H17N3O5/c18-17(16(24)25)6-10(11-12(13(11)17)15(22)23)20-14(21)9-5-7-3-1-2-4-8(7)19-9/h1-5,10-13,19H,6,18H2,(H,20,21)(H,22,23)(H,24,25). The van der Waals surface area contributed by atoms with E-state index in [-0.39, 0.29) is 6.42 Å². The zero-order chi connectivity index (χ0) is 17.9. The number of aromatic nitrogens is 1. The number of nitrogens with two attached hydrogens (primary N) is 1. The summed E-state index contributed by atoms with van der Waals surface area (Å²) in [7, 11) is 0. The van der Waals surface area contributed by atoms with Gasteiger partial charge in [0.2, 0.25) is 0 Å². The molecule has 4 rings (SSSR count). The average molecular weight is 343 g/mol. The number of para-hydroxylation sites is 1. The number of fused-ring (bicyclic) bond motifs is 2. The molecule has 5 unspecified atom stereocenters. The molecule has 25 heavy (non-hydrogen) atoms. The van der Waals surface area contributed by atoms with E-state index in [0.717, 1.165) is 10.9 Å². The van der Waals surface area contributed by atoms with E-state index in [1.165, 1.54) is 0 Å². The monoisotopic (exact) mass is 343 g/mol. The van der Waals surface area contributed by atoms with Crippen molar-refractivity contribution in [1.82, 2.24) is 10.3 Å². The number of hydrogen-bond donors (Lipinski definition) is 5. The Kier molecular flexibility index (Phi) is 3.17. The van der Waals surface area contributed by atoms with Gasteiger partial charge in [0.15, 0.2) is 0 Å². The predicted octanol–water partition coefficient (Wildman–Crippen LogP) is 0.399. The van der Waals surface area contributed by atoms with Crippen molar-refractivity contribution < 1.29 is 24.6 Å². The summed E-state index contributed by atoms with van der Waals surface area (Å²) in [5, 5.41) is 22.3. The Hall–Kier alpha value is -2.87.